The number of rotatable bonds is 0. The molecule has 5 heavy (non-hydrogen) atoms. The number of nitrogens with two attached hydrogens (primary N) is 2. The maximum Gasteiger partial charge on any atom is 0.160 e. The van der Waals surface area contributed by atoms with Crippen LogP contribution in [0, 0.1) is 0 Å². The smallest absolute Gasteiger partial charge is 0.160 e. The molecule has 4 N–H and O–H groups in total. The topological polar surface area (TPSA) is 52.0 Å². The van der Waals surface area contributed by atoms with E-state index >= 15 is 0 Å². The number of hydrogen-bond donors (Lipinski definition) is 2. The van der Waals surface area contributed by atoms with E-state index in [1.165, 1.54) is 0 Å². The van der Waals surface area contributed by atoms with Gasteiger partial charge in [-0.25, -0.2) is 0 Å². The van der Waals surface area contributed by atoms with Gasteiger partial charge in [-0.1, -0.05) is 0 Å². The summed E-state index contributed by atoms with van der Waals surface area (Å²) < 4.78 is 0. The number of thiocarbonyl (C=S) groups is 1. The van der Waals surface area contributed by atoms with Crippen molar-refractivity contribution < 1.29 is 16.5 Å². The van der Waals surface area contributed by atoms with E-state index in [1.54, 1.807) is 0 Å². The Morgan fingerprint density at radius 3 is 1.40 bits per heavy atom. The van der Waals surface area contributed by atoms with Gasteiger partial charge in [-0.3, -0.25) is 0 Å². The van der Waals surface area contributed by atoms with Gasteiger partial charge in [-0.15, -0.1) is 0 Å². The summed E-state index contributed by atoms with van der Waals surface area (Å²) in [7, 11) is 0. The van der Waals surface area contributed by atoms with E-state index in [2.05, 4.69) is 23.7 Å². The molecule has 0 aliphatic heterocycles. The van der Waals surface area contributed by atoms with Crippen LogP contribution in [0.2, 0.25) is 0 Å². The van der Waals surface area contributed by atoms with Crippen LogP contribution in [-0.2, 0) is 16.5 Å². The van der Waals surface area contributed by atoms with Gasteiger partial charge in [-0.2, -0.15) is 0 Å². The molecule has 0 radical (unpaired) electrons. The van der Waals surface area contributed by atoms with E-state index in [0.29, 0.717) is 0 Å². The van der Waals surface area contributed by atoms with Crippen LogP contribution >= 0.6 is 12.2 Å². The monoisotopic (exact) mass is 134 g/mol. The van der Waals surface area contributed by atoms with E-state index in [1.807, 2.05) is 0 Å². The van der Waals surface area contributed by atoms with Gasteiger partial charge in [0, 0.05) is 16.5 Å². The van der Waals surface area contributed by atoms with Gasteiger partial charge in [0.2, 0.25) is 0 Å². The molecule has 0 rings (SSSR count). The number of hydrogen-bond acceptors (Lipinski definition) is 1. The Kier molecular flexibility index (Phi) is 7.49. The second kappa shape index (κ2) is 4.18. The first-order valence-corrected chi connectivity index (χ1v) is 1.19. The van der Waals surface area contributed by atoms with Gasteiger partial charge < -0.3 is 11.5 Å². The van der Waals surface area contributed by atoms with Gasteiger partial charge >= 0.3 is 0 Å². The second-order valence-corrected chi connectivity index (χ2v) is 0.874. The van der Waals surface area contributed by atoms with Gasteiger partial charge in [0.15, 0.2) is 5.11 Å². The van der Waals surface area contributed by atoms with Crippen LogP contribution < -0.4 is 11.5 Å². The van der Waals surface area contributed by atoms with Crippen LogP contribution in [0.4, 0.5) is 0 Å². The van der Waals surface area contributed by atoms with Crippen LogP contribution in [0.5, 0.6) is 0 Å². The second-order valence-electron chi connectivity index (χ2n) is 0.402. The average Bonchev–Trinajstić information content (AvgIpc) is 0.811. The van der Waals surface area contributed by atoms with Crippen LogP contribution in [-0.4, -0.2) is 5.11 Å². The SMILES string of the molecule is NC(N)=S.[Ni]. The standard InChI is InChI=1S/CH4N2S.Ni/c2-1(3)4;/h(H4,2,3,4);. The minimum atomic E-state index is 0. The molecule has 0 heterocycles. The molecule has 0 aliphatic rings. The van der Waals surface area contributed by atoms with E-state index in [4.69, 9.17) is 0 Å². The summed E-state index contributed by atoms with van der Waals surface area (Å²) in [6.07, 6.45) is 0. The summed E-state index contributed by atoms with van der Waals surface area (Å²) in [5, 5.41) is 0.000000000000000222. The Hall–Kier alpha value is 0.184. The molecule has 0 amide bonds. The van der Waals surface area contributed by atoms with E-state index in [9.17, 15) is 0 Å². The third kappa shape index (κ3) is 592. The fourth-order valence-corrected chi connectivity index (χ4v) is 0. The minimum absolute atomic E-state index is 0. The Balaban J connectivity index is 0. The largest absolute Gasteiger partial charge is 0.377 e. The van der Waals surface area contributed by atoms with Crippen molar-refractivity contribution in [3.63, 3.8) is 0 Å². The van der Waals surface area contributed by atoms with Crippen LogP contribution in [0.3, 0.4) is 0 Å². The Morgan fingerprint density at radius 1 is 1.40 bits per heavy atom. The van der Waals surface area contributed by atoms with Gasteiger partial charge in [0.1, 0.15) is 0 Å². The van der Waals surface area contributed by atoms with Gasteiger partial charge in [-0.05, 0) is 12.2 Å². The molecule has 0 unspecified atom stereocenters. The van der Waals surface area contributed by atoms with E-state index < -0.39 is 0 Å². The minimum Gasteiger partial charge on any atom is -0.377 e. The molecule has 0 aromatic rings. The zero-order valence-corrected chi connectivity index (χ0v) is 4.18. The molecule has 0 aromatic carbocycles. The van der Waals surface area contributed by atoms with Crippen molar-refractivity contribution in [3.8, 4) is 0 Å². The molecule has 0 fully saturated rings. The fraction of sp³-hybridized carbons (Fsp3) is 0. The Bertz CT molecular complexity index is 32.6. The fourth-order valence-electron chi connectivity index (χ4n) is 0. The van der Waals surface area contributed by atoms with Crippen LogP contribution in [0.25, 0.3) is 0 Å². The predicted molar refractivity (Wildman–Crippen MR) is 21.0 cm³/mol. The molecule has 4 heteroatoms. The zero-order chi connectivity index (χ0) is 3.58. The van der Waals surface area contributed by atoms with Crippen molar-refractivity contribution >= 4 is 17.3 Å². The van der Waals surface area contributed by atoms with Crippen molar-refractivity contribution in [1.29, 1.82) is 0 Å². The zero-order valence-electron chi connectivity index (χ0n) is 2.38. The predicted octanol–water partition coefficient (Wildman–Crippen LogP) is -0.814. The van der Waals surface area contributed by atoms with E-state index in [0.717, 1.165) is 0 Å². The molecule has 0 aliphatic carbocycles. The Labute approximate surface area is 45.8 Å². The normalized spacial score (nSPS) is 4.80. The summed E-state index contributed by atoms with van der Waals surface area (Å²) in [6.45, 7) is 0. The van der Waals surface area contributed by atoms with Crippen molar-refractivity contribution in [2.24, 2.45) is 11.5 Å². The van der Waals surface area contributed by atoms with Crippen LogP contribution in [0.1, 0.15) is 0 Å². The summed E-state index contributed by atoms with van der Waals surface area (Å²) in [4.78, 5) is 0. The third-order valence-corrected chi connectivity index (χ3v) is 0. The average molecular weight is 135 g/mol. The summed E-state index contributed by atoms with van der Waals surface area (Å²) >= 11 is 4.09. The van der Waals surface area contributed by atoms with Gasteiger partial charge in [0.25, 0.3) is 0 Å². The first-order chi connectivity index (χ1) is 1.73. The summed E-state index contributed by atoms with van der Waals surface area (Å²) in [6, 6.07) is 0. The maximum absolute atomic E-state index is 4.62. The van der Waals surface area contributed by atoms with Gasteiger partial charge in [0.05, 0.1) is 0 Å². The molecule has 0 saturated carbocycles. The molecule has 0 atom stereocenters. The molecule has 0 aromatic heterocycles. The van der Waals surface area contributed by atoms with Crippen LogP contribution in [0.15, 0.2) is 0 Å². The molecule has 0 spiro atoms. The molecular weight excluding hydrogens is 131 g/mol. The third-order valence-electron chi connectivity index (χ3n) is 0. The first-order valence-electron chi connectivity index (χ1n) is 0.781. The molecule has 34 valence electrons. The van der Waals surface area contributed by atoms with E-state index in [-0.39, 0.29) is 21.6 Å². The summed E-state index contributed by atoms with van der Waals surface area (Å²) in [5.74, 6) is 0. The van der Waals surface area contributed by atoms with Crippen molar-refractivity contribution in [2.75, 3.05) is 0 Å². The Morgan fingerprint density at radius 2 is 1.40 bits per heavy atom. The quantitative estimate of drug-likeness (QED) is 0.337. The van der Waals surface area contributed by atoms with Crippen molar-refractivity contribution in [3.05, 3.63) is 0 Å². The summed E-state index contributed by atoms with van der Waals surface area (Å²) in [5.41, 5.74) is 9.24. The molecule has 2 nitrogen and oxygen atoms in total. The molecular formula is CH4N2NiS. The first kappa shape index (κ1) is 8.95. The molecule has 0 bridgehead atoms. The van der Waals surface area contributed by atoms with Crippen molar-refractivity contribution in [1.82, 2.24) is 0 Å². The maximum atomic E-state index is 4.62. The molecule has 0 saturated heterocycles. The van der Waals surface area contributed by atoms with Crippen molar-refractivity contribution in [2.45, 2.75) is 0 Å².